The van der Waals surface area contributed by atoms with Gasteiger partial charge in [-0.05, 0) is 35.4 Å². The van der Waals surface area contributed by atoms with Gasteiger partial charge in [0.05, 0.1) is 19.8 Å². The Morgan fingerprint density at radius 3 is 2.30 bits per heavy atom. The molecule has 0 aliphatic carbocycles. The van der Waals surface area contributed by atoms with E-state index in [4.69, 9.17) is 9.47 Å². The Morgan fingerprint density at radius 1 is 1.00 bits per heavy atom. The van der Waals surface area contributed by atoms with Crippen LogP contribution in [-0.2, 0) is 4.74 Å². The van der Waals surface area contributed by atoms with Crippen LogP contribution in [0.25, 0.3) is 0 Å². The van der Waals surface area contributed by atoms with Crippen LogP contribution in [0.1, 0.15) is 34.3 Å². The standard InChI is InChI=1S/C17H18O3/c1-12(15-5-4-6-16(11-15)19-2)13-7-9-14(10-8-13)17(18)20-3/h4-12H,1-3H3. The summed E-state index contributed by atoms with van der Waals surface area (Å²) in [6.07, 6.45) is 0. The van der Waals surface area contributed by atoms with Crippen LogP contribution in [0, 0.1) is 0 Å². The Labute approximate surface area is 119 Å². The molecule has 0 amide bonds. The molecule has 0 N–H and O–H groups in total. The second-order valence-corrected chi connectivity index (χ2v) is 4.61. The molecule has 0 bridgehead atoms. The number of carbonyl (C=O) groups is 1. The van der Waals surface area contributed by atoms with E-state index < -0.39 is 0 Å². The molecule has 3 heteroatoms. The van der Waals surface area contributed by atoms with Crippen LogP contribution in [-0.4, -0.2) is 20.2 Å². The molecule has 2 aromatic carbocycles. The number of rotatable bonds is 4. The van der Waals surface area contributed by atoms with Crippen LogP contribution in [0.5, 0.6) is 5.75 Å². The normalized spacial score (nSPS) is 11.8. The predicted molar refractivity (Wildman–Crippen MR) is 78.3 cm³/mol. The van der Waals surface area contributed by atoms with Crippen molar-refractivity contribution in [3.8, 4) is 5.75 Å². The molecule has 0 fully saturated rings. The number of carbonyl (C=O) groups excluding carboxylic acids is 1. The van der Waals surface area contributed by atoms with Crippen LogP contribution in [0.4, 0.5) is 0 Å². The van der Waals surface area contributed by atoms with Crippen LogP contribution in [0.3, 0.4) is 0 Å². The lowest BCUT2D eigenvalue weighted by atomic mass is 9.92. The summed E-state index contributed by atoms with van der Waals surface area (Å²) in [5.74, 6) is 0.767. The van der Waals surface area contributed by atoms with Gasteiger partial charge in [-0.2, -0.15) is 0 Å². The van der Waals surface area contributed by atoms with Gasteiger partial charge >= 0.3 is 5.97 Å². The van der Waals surface area contributed by atoms with E-state index in [1.807, 2.05) is 30.3 Å². The van der Waals surface area contributed by atoms with E-state index in [0.717, 1.165) is 11.3 Å². The highest BCUT2D eigenvalue weighted by molar-refractivity contribution is 5.89. The van der Waals surface area contributed by atoms with Crippen molar-refractivity contribution in [3.63, 3.8) is 0 Å². The number of hydrogen-bond acceptors (Lipinski definition) is 3. The maximum atomic E-state index is 11.4. The average molecular weight is 270 g/mol. The first-order valence-electron chi connectivity index (χ1n) is 6.48. The molecule has 3 nitrogen and oxygen atoms in total. The van der Waals surface area contributed by atoms with Crippen molar-refractivity contribution in [1.82, 2.24) is 0 Å². The van der Waals surface area contributed by atoms with Gasteiger partial charge in [-0.25, -0.2) is 4.79 Å². The van der Waals surface area contributed by atoms with Gasteiger partial charge in [0.15, 0.2) is 0 Å². The van der Waals surface area contributed by atoms with Crippen molar-refractivity contribution in [2.24, 2.45) is 0 Å². The fourth-order valence-electron chi connectivity index (χ4n) is 2.13. The third-order valence-corrected chi connectivity index (χ3v) is 3.43. The van der Waals surface area contributed by atoms with E-state index in [1.165, 1.54) is 12.7 Å². The Balaban J connectivity index is 2.24. The monoisotopic (exact) mass is 270 g/mol. The molecule has 2 rings (SSSR count). The van der Waals surface area contributed by atoms with Gasteiger partial charge in [0.25, 0.3) is 0 Å². The van der Waals surface area contributed by atoms with E-state index in [1.54, 1.807) is 19.2 Å². The lowest BCUT2D eigenvalue weighted by Crippen LogP contribution is -2.02. The quantitative estimate of drug-likeness (QED) is 0.796. The summed E-state index contributed by atoms with van der Waals surface area (Å²) in [6, 6.07) is 15.5. The maximum absolute atomic E-state index is 11.4. The van der Waals surface area contributed by atoms with Crippen molar-refractivity contribution in [2.75, 3.05) is 14.2 Å². The lowest BCUT2D eigenvalue weighted by Gasteiger charge is -2.14. The van der Waals surface area contributed by atoms with Crippen LogP contribution >= 0.6 is 0 Å². The van der Waals surface area contributed by atoms with Gasteiger partial charge < -0.3 is 9.47 Å². The van der Waals surface area contributed by atoms with Crippen molar-refractivity contribution in [1.29, 1.82) is 0 Å². The molecule has 0 radical (unpaired) electrons. The van der Waals surface area contributed by atoms with Gasteiger partial charge in [-0.3, -0.25) is 0 Å². The van der Waals surface area contributed by atoms with Crippen molar-refractivity contribution < 1.29 is 14.3 Å². The number of esters is 1. The highest BCUT2D eigenvalue weighted by Gasteiger charge is 2.11. The molecule has 104 valence electrons. The maximum Gasteiger partial charge on any atom is 0.337 e. The highest BCUT2D eigenvalue weighted by atomic mass is 16.5. The third-order valence-electron chi connectivity index (χ3n) is 3.43. The zero-order valence-corrected chi connectivity index (χ0v) is 11.9. The minimum Gasteiger partial charge on any atom is -0.497 e. The molecule has 0 saturated carbocycles. The van der Waals surface area contributed by atoms with Crippen molar-refractivity contribution in [3.05, 3.63) is 65.2 Å². The number of methoxy groups -OCH3 is 2. The number of ether oxygens (including phenoxy) is 2. The van der Waals surface area contributed by atoms with Gasteiger partial charge in [-0.1, -0.05) is 31.2 Å². The predicted octanol–water partition coefficient (Wildman–Crippen LogP) is 3.63. The smallest absolute Gasteiger partial charge is 0.337 e. The van der Waals surface area contributed by atoms with Crippen LogP contribution in [0.15, 0.2) is 48.5 Å². The number of hydrogen-bond donors (Lipinski definition) is 0. The van der Waals surface area contributed by atoms with E-state index in [2.05, 4.69) is 13.0 Å². The van der Waals surface area contributed by atoms with E-state index >= 15 is 0 Å². The minimum atomic E-state index is -0.314. The summed E-state index contributed by atoms with van der Waals surface area (Å²) in [4.78, 5) is 11.4. The first-order valence-corrected chi connectivity index (χ1v) is 6.48. The zero-order chi connectivity index (χ0) is 14.5. The van der Waals surface area contributed by atoms with Crippen molar-refractivity contribution in [2.45, 2.75) is 12.8 Å². The molecule has 1 atom stereocenters. The molecule has 0 spiro atoms. The summed E-state index contributed by atoms with van der Waals surface area (Å²) in [6.45, 7) is 2.13. The van der Waals surface area contributed by atoms with Crippen LogP contribution < -0.4 is 4.74 Å². The van der Waals surface area contributed by atoms with Gasteiger partial charge in [0, 0.05) is 5.92 Å². The fourth-order valence-corrected chi connectivity index (χ4v) is 2.13. The molecule has 1 unspecified atom stereocenters. The Hall–Kier alpha value is -2.29. The SMILES string of the molecule is COC(=O)c1ccc(C(C)c2cccc(OC)c2)cc1. The average Bonchev–Trinajstić information content (AvgIpc) is 2.53. The molecule has 2 aromatic rings. The third kappa shape index (κ3) is 2.99. The topological polar surface area (TPSA) is 35.5 Å². The molecular formula is C17H18O3. The Bertz CT molecular complexity index is 587. The van der Waals surface area contributed by atoms with Crippen molar-refractivity contribution >= 4 is 5.97 Å². The molecule has 0 aliphatic heterocycles. The summed E-state index contributed by atoms with van der Waals surface area (Å²) in [7, 11) is 3.05. The largest absolute Gasteiger partial charge is 0.497 e. The van der Waals surface area contributed by atoms with Gasteiger partial charge in [0.1, 0.15) is 5.75 Å². The highest BCUT2D eigenvalue weighted by Crippen LogP contribution is 2.27. The van der Waals surface area contributed by atoms with Gasteiger partial charge in [-0.15, -0.1) is 0 Å². The lowest BCUT2D eigenvalue weighted by molar-refractivity contribution is 0.0600. The minimum absolute atomic E-state index is 0.233. The molecule has 0 aliphatic rings. The first-order chi connectivity index (χ1) is 9.65. The number of benzene rings is 2. The molecule has 0 saturated heterocycles. The first kappa shape index (κ1) is 14.1. The molecular weight excluding hydrogens is 252 g/mol. The van der Waals surface area contributed by atoms with E-state index in [-0.39, 0.29) is 11.9 Å². The summed E-state index contributed by atoms with van der Waals surface area (Å²) < 4.78 is 9.94. The van der Waals surface area contributed by atoms with Gasteiger partial charge in [0.2, 0.25) is 0 Å². The molecule has 20 heavy (non-hydrogen) atoms. The Morgan fingerprint density at radius 2 is 1.70 bits per heavy atom. The zero-order valence-electron chi connectivity index (χ0n) is 11.9. The summed E-state index contributed by atoms with van der Waals surface area (Å²) in [5, 5.41) is 0. The van der Waals surface area contributed by atoms with E-state index in [9.17, 15) is 4.79 Å². The summed E-state index contributed by atoms with van der Waals surface area (Å²) >= 11 is 0. The molecule has 0 heterocycles. The Kier molecular flexibility index (Phi) is 4.41. The second-order valence-electron chi connectivity index (χ2n) is 4.61. The second kappa shape index (κ2) is 6.24. The van der Waals surface area contributed by atoms with Crippen LogP contribution in [0.2, 0.25) is 0 Å². The van der Waals surface area contributed by atoms with E-state index in [0.29, 0.717) is 5.56 Å². The molecule has 0 aromatic heterocycles. The fraction of sp³-hybridized carbons (Fsp3) is 0.235. The summed E-state index contributed by atoms with van der Waals surface area (Å²) in [5.41, 5.74) is 2.88.